The number of aromatic nitrogens is 1. The monoisotopic (exact) mass is 447 g/mol. The van der Waals surface area contributed by atoms with Crippen molar-refractivity contribution < 1.29 is 18.0 Å². The van der Waals surface area contributed by atoms with E-state index in [-0.39, 0.29) is 19.1 Å². The van der Waals surface area contributed by atoms with Crippen molar-refractivity contribution in [2.45, 2.75) is 19.3 Å². The van der Waals surface area contributed by atoms with Gasteiger partial charge in [-0.2, -0.15) is 13.2 Å². The standard InChI is InChI=1S/C23H21ClF3N3O/c1-2-11-30(22(31)28-20-9-4-8-19(24)14-20)16-21-10-5-12-29(21)15-17-6-3-7-18(13-17)23(25,26)27/h2-10,12-14H,1,11,15-16H2,(H,28,31). The molecule has 31 heavy (non-hydrogen) atoms. The zero-order chi connectivity index (χ0) is 22.4. The van der Waals surface area contributed by atoms with Crippen LogP contribution in [0.4, 0.5) is 23.7 Å². The summed E-state index contributed by atoms with van der Waals surface area (Å²) in [6, 6.07) is 15.3. The highest BCUT2D eigenvalue weighted by molar-refractivity contribution is 6.30. The first-order valence-corrected chi connectivity index (χ1v) is 9.86. The molecule has 0 atom stereocenters. The number of amides is 2. The summed E-state index contributed by atoms with van der Waals surface area (Å²) in [7, 11) is 0. The Morgan fingerprint density at radius 2 is 1.90 bits per heavy atom. The third-order valence-electron chi connectivity index (χ3n) is 4.60. The largest absolute Gasteiger partial charge is 0.416 e. The van der Waals surface area contributed by atoms with Gasteiger partial charge in [0.05, 0.1) is 12.1 Å². The topological polar surface area (TPSA) is 37.3 Å². The molecule has 2 aromatic carbocycles. The zero-order valence-electron chi connectivity index (χ0n) is 16.6. The van der Waals surface area contributed by atoms with Crippen molar-refractivity contribution in [3.63, 3.8) is 0 Å². The molecule has 0 bridgehead atoms. The normalized spacial score (nSPS) is 11.2. The first kappa shape index (κ1) is 22.5. The van der Waals surface area contributed by atoms with E-state index in [0.29, 0.717) is 22.8 Å². The minimum absolute atomic E-state index is 0.254. The number of carbonyl (C=O) groups excluding carboxylic acids is 1. The van der Waals surface area contributed by atoms with E-state index in [2.05, 4.69) is 11.9 Å². The van der Waals surface area contributed by atoms with Crippen LogP contribution in [0.15, 0.2) is 79.5 Å². The minimum Gasteiger partial charge on any atom is -0.345 e. The lowest BCUT2D eigenvalue weighted by molar-refractivity contribution is -0.137. The number of urea groups is 1. The van der Waals surface area contributed by atoms with Crippen LogP contribution in [0.2, 0.25) is 5.02 Å². The van der Waals surface area contributed by atoms with Gasteiger partial charge < -0.3 is 14.8 Å². The molecule has 0 saturated carbocycles. The zero-order valence-corrected chi connectivity index (χ0v) is 17.3. The summed E-state index contributed by atoms with van der Waals surface area (Å²) in [5.41, 5.74) is 1.17. The van der Waals surface area contributed by atoms with Crippen molar-refractivity contribution >= 4 is 23.3 Å². The molecule has 1 N–H and O–H groups in total. The van der Waals surface area contributed by atoms with E-state index < -0.39 is 11.7 Å². The summed E-state index contributed by atoms with van der Waals surface area (Å²) in [5, 5.41) is 3.30. The Morgan fingerprint density at radius 1 is 1.13 bits per heavy atom. The summed E-state index contributed by atoms with van der Waals surface area (Å²) in [6.07, 6.45) is -1.01. The summed E-state index contributed by atoms with van der Waals surface area (Å²) in [6.45, 7) is 4.50. The number of benzene rings is 2. The Kier molecular flexibility index (Phi) is 7.07. The quantitative estimate of drug-likeness (QED) is 0.416. The van der Waals surface area contributed by atoms with Gasteiger partial charge in [0.1, 0.15) is 0 Å². The van der Waals surface area contributed by atoms with Gasteiger partial charge >= 0.3 is 12.2 Å². The average Bonchev–Trinajstić information content (AvgIpc) is 3.14. The maximum absolute atomic E-state index is 13.0. The van der Waals surface area contributed by atoms with Crippen LogP contribution >= 0.6 is 11.6 Å². The highest BCUT2D eigenvalue weighted by Gasteiger charge is 2.30. The van der Waals surface area contributed by atoms with Gasteiger partial charge in [-0.1, -0.05) is 35.9 Å². The smallest absolute Gasteiger partial charge is 0.345 e. The number of halogens is 4. The second-order valence-corrected chi connectivity index (χ2v) is 7.37. The molecule has 0 radical (unpaired) electrons. The molecule has 0 aliphatic carbocycles. The Hall–Kier alpha value is -3.19. The van der Waals surface area contributed by atoms with Crippen molar-refractivity contribution in [3.8, 4) is 0 Å². The second-order valence-electron chi connectivity index (χ2n) is 6.94. The number of alkyl halides is 3. The van der Waals surface area contributed by atoms with Gasteiger partial charge in [-0.15, -0.1) is 6.58 Å². The summed E-state index contributed by atoms with van der Waals surface area (Å²) < 4.78 is 40.8. The van der Waals surface area contributed by atoms with Gasteiger partial charge in [0, 0.05) is 35.7 Å². The van der Waals surface area contributed by atoms with E-state index in [1.807, 2.05) is 10.6 Å². The molecule has 1 heterocycles. The highest BCUT2D eigenvalue weighted by atomic mass is 35.5. The fourth-order valence-corrected chi connectivity index (χ4v) is 3.32. The SMILES string of the molecule is C=CCN(Cc1cccn1Cc1cccc(C(F)(F)F)c1)C(=O)Nc1cccc(Cl)c1. The third-order valence-corrected chi connectivity index (χ3v) is 4.83. The van der Waals surface area contributed by atoms with Gasteiger partial charge in [-0.25, -0.2) is 4.79 Å². The van der Waals surface area contributed by atoms with Gasteiger partial charge in [0.25, 0.3) is 0 Å². The van der Waals surface area contributed by atoms with Crippen LogP contribution in [-0.2, 0) is 19.3 Å². The van der Waals surface area contributed by atoms with Crippen LogP contribution in [0.25, 0.3) is 0 Å². The molecule has 0 fully saturated rings. The molecule has 8 heteroatoms. The van der Waals surface area contributed by atoms with Gasteiger partial charge in [0.2, 0.25) is 0 Å². The van der Waals surface area contributed by atoms with E-state index in [1.54, 1.807) is 53.6 Å². The van der Waals surface area contributed by atoms with Gasteiger partial charge in [-0.05, 0) is 48.0 Å². The number of rotatable bonds is 7. The molecule has 3 rings (SSSR count). The van der Waals surface area contributed by atoms with E-state index in [0.717, 1.165) is 17.8 Å². The number of nitrogens with one attached hydrogen (secondary N) is 1. The average molecular weight is 448 g/mol. The third kappa shape index (κ3) is 6.15. The summed E-state index contributed by atoms with van der Waals surface area (Å²) in [4.78, 5) is 14.3. The maximum atomic E-state index is 13.0. The molecule has 0 saturated heterocycles. The molecule has 1 aromatic heterocycles. The molecule has 0 unspecified atom stereocenters. The van der Waals surface area contributed by atoms with E-state index in [9.17, 15) is 18.0 Å². The number of hydrogen-bond acceptors (Lipinski definition) is 1. The molecule has 0 aliphatic heterocycles. The van der Waals surface area contributed by atoms with Crippen molar-refractivity contribution in [3.05, 3.63) is 101 Å². The summed E-state index contributed by atoms with van der Waals surface area (Å²) in [5.74, 6) is 0. The first-order valence-electron chi connectivity index (χ1n) is 9.49. The van der Waals surface area contributed by atoms with Crippen LogP contribution in [0.5, 0.6) is 0 Å². The Bertz CT molecular complexity index is 1060. The molecule has 162 valence electrons. The number of hydrogen-bond donors (Lipinski definition) is 1. The molecule has 0 spiro atoms. The van der Waals surface area contributed by atoms with Crippen LogP contribution in [0.1, 0.15) is 16.8 Å². The molecule has 0 aliphatic rings. The van der Waals surface area contributed by atoms with Crippen molar-refractivity contribution in [2.75, 3.05) is 11.9 Å². The van der Waals surface area contributed by atoms with E-state index >= 15 is 0 Å². The van der Waals surface area contributed by atoms with Gasteiger partial charge in [0.15, 0.2) is 0 Å². The van der Waals surface area contributed by atoms with Crippen LogP contribution < -0.4 is 5.32 Å². The predicted molar refractivity (Wildman–Crippen MR) is 116 cm³/mol. The van der Waals surface area contributed by atoms with Crippen molar-refractivity contribution in [1.82, 2.24) is 9.47 Å². The molecule has 4 nitrogen and oxygen atoms in total. The number of anilines is 1. The van der Waals surface area contributed by atoms with Gasteiger partial charge in [-0.3, -0.25) is 0 Å². The second kappa shape index (κ2) is 9.75. The lowest BCUT2D eigenvalue weighted by Crippen LogP contribution is -2.35. The molecule has 3 aromatic rings. The molecule has 2 amide bonds. The molecular weight excluding hydrogens is 427 g/mol. The fourth-order valence-electron chi connectivity index (χ4n) is 3.13. The van der Waals surface area contributed by atoms with Crippen molar-refractivity contribution in [2.24, 2.45) is 0 Å². The van der Waals surface area contributed by atoms with E-state index in [4.69, 9.17) is 11.6 Å². The van der Waals surface area contributed by atoms with Crippen LogP contribution in [-0.4, -0.2) is 22.0 Å². The van der Waals surface area contributed by atoms with Crippen LogP contribution in [0.3, 0.4) is 0 Å². The number of carbonyl (C=O) groups is 1. The minimum atomic E-state index is -4.39. The van der Waals surface area contributed by atoms with Crippen LogP contribution in [0, 0.1) is 0 Å². The Morgan fingerprint density at radius 3 is 2.61 bits per heavy atom. The van der Waals surface area contributed by atoms with E-state index in [1.165, 1.54) is 6.07 Å². The first-order chi connectivity index (χ1) is 14.8. The summed E-state index contributed by atoms with van der Waals surface area (Å²) >= 11 is 5.97. The predicted octanol–water partition coefficient (Wildman–Crippen LogP) is 6.43. The lowest BCUT2D eigenvalue weighted by atomic mass is 10.1. The maximum Gasteiger partial charge on any atom is 0.416 e. The Labute approximate surface area is 183 Å². The number of nitrogens with zero attached hydrogens (tertiary/aromatic N) is 2. The molecular formula is C23H21ClF3N3O. The fraction of sp³-hybridized carbons (Fsp3) is 0.174. The lowest BCUT2D eigenvalue weighted by Gasteiger charge is -2.23. The Balaban J connectivity index is 1.75. The highest BCUT2D eigenvalue weighted by Crippen LogP contribution is 2.29. The van der Waals surface area contributed by atoms with Crippen molar-refractivity contribution in [1.29, 1.82) is 0 Å².